The maximum absolute atomic E-state index is 12.5. The monoisotopic (exact) mass is 432 g/mol. The molecule has 4 amide bonds. The molecule has 2 aliphatic rings. The molecule has 2 aromatic carbocycles. The van der Waals surface area contributed by atoms with E-state index in [9.17, 15) is 19.2 Å². The second kappa shape index (κ2) is 7.13. The topological polar surface area (TPSA) is 108 Å². The van der Waals surface area contributed by atoms with Crippen molar-refractivity contribution in [3.8, 4) is 11.3 Å². The van der Waals surface area contributed by atoms with Crippen LogP contribution in [0.5, 0.6) is 0 Å². The van der Waals surface area contributed by atoms with Gasteiger partial charge < -0.3 is 10.6 Å². The molecule has 2 aliphatic heterocycles. The van der Waals surface area contributed by atoms with Crippen molar-refractivity contribution in [1.82, 2.24) is 9.88 Å². The van der Waals surface area contributed by atoms with E-state index in [4.69, 9.17) is 0 Å². The first kappa shape index (κ1) is 19.1. The Kier molecular flexibility index (Phi) is 4.40. The summed E-state index contributed by atoms with van der Waals surface area (Å²) in [6.45, 7) is 1.46. The van der Waals surface area contributed by atoms with E-state index in [1.165, 1.54) is 11.3 Å². The summed E-state index contributed by atoms with van der Waals surface area (Å²) in [6.07, 6.45) is 0. The van der Waals surface area contributed by atoms with E-state index in [1.54, 1.807) is 29.6 Å². The number of aromatic nitrogens is 1. The Hall–Kier alpha value is -3.85. The van der Waals surface area contributed by atoms with Gasteiger partial charge in [-0.2, -0.15) is 0 Å². The van der Waals surface area contributed by atoms with Gasteiger partial charge in [-0.05, 0) is 36.8 Å². The summed E-state index contributed by atoms with van der Waals surface area (Å²) in [5.41, 5.74) is 3.80. The number of amides is 4. The van der Waals surface area contributed by atoms with Gasteiger partial charge in [0.25, 0.3) is 11.8 Å². The van der Waals surface area contributed by atoms with E-state index in [2.05, 4.69) is 15.6 Å². The van der Waals surface area contributed by atoms with Gasteiger partial charge in [0.05, 0.1) is 22.7 Å². The van der Waals surface area contributed by atoms with Crippen LogP contribution in [-0.2, 0) is 9.59 Å². The summed E-state index contributed by atoms with van der Waals surface area (Å²) in [5.74, 6) is -1.73. The van der Waals surface area contributed by atoms with Crippen molar-refractivity contribution in [3.63, 3.8) is 0 Å². The maximum Gasteiger partial charge on any atom is 0.262 e. The summed E-state index contributed by atoms with van der Waals surface area (Å²) in [6, 6.07) is 12.1. The van der Waals surface area contributed by atoms with Crippen LogP contribution in [0.1, 0.15) is 39.1 Å². The van der Waals surface area contributed by atoms with Gasteiger partial charge in [-0.3, -0.25) is 24.1 Å². The normalized spacial score (nSPS) is 16.9. The van der Waals surface area contributed by atoms with Crippen LogP contribution >= 0.6 is 11.3 Å². The number of carbonyl (C=O) groups is 4. The second-order valence-electron chi connectivity index (χ2n) is 7.34. The molecule has 3 heterocycles. The second-order valence-corrected chi connectivity index (χ2v) is 8.20. The molecule has 0 bridgehead atoms. The first-order valence-electron chi connectivity index (χ1n) is 9.58. The highest BCUT2D eigenvalue weighted by Crippen LogP contribution is 2.36. The minimum atomic E-state index is -0.507. The van der Waals surface area contributed by atoms with Crippen molar-refractivity contribution in [1.29, 1.82) is 0 Å². The Labute approximate surface area is 180 Å². The van der Waals surface area contributed by atoms with Crippen molar-refractivity contribution < 1.29 is 19.2 Å². The molecule has 9 heteroatoms. The van der Waals surface area contributed by atoms with E-state index >= 15 is 0 Å². The lowest BCUT2D eigenvalue weighted by Crippen LogP contribution is -2.37. The van der Waals surface area contributed by atoms with Crippen LogP contribution < -0.4 is 10.6 Å². The number of benzene rings is 2. The summed E-state index contributed by atoms with van der Waals surface area (Å²) in [4.78, 5) is 54.5. The SMILES string of the molecule is CC1C(=O)Nc2ccc(-c3csc(NC(=O)CN4C(=O)c5ccccc5C4=O)n3)cc21. The standard InChI is InChI=1S/C22H16N4O4S/c1-11-15-8-12(6-7-16(15)23-19(11)28)17-10-31-22(24-17)25-18(27)9-26-20(29)13-4-2-3-5-14(13)21(26)30/h2-8,10-11H,9H2,1H3,(H,23,28)(H,24,25,27). The van der Waals surface area contributed by atoms with Gasteiger partial charge in [0, 0.05) is 16.6 Å². The fourth-order valence-corrected chi connectivity index (χ4v) is 4.46. The fraction of sp³-hybridized carbons (Fsp3) is 0.136. The van der Waals surface area contributed by atoms with Crippen molar-refractivity contribution in [2.75, 3.05) is 17.2 Å². The zero-order chi connectivity index (χ0) is 21.7. The van der Waals surface area contributed by atoms with Crippen LogP contribution in [0.2, 0.25) is 0 Å². The number of anilines is 2. The molecule has 0 fully saturated rings. The number of thiazole rings is 1. The lowest BCUT2D eigenvalue weighted by atomic mass is 10.00. The van der Waals surface area contributed by atoms with Crippen LogP contribution in [0.25, 0.3) is 11.3 Å². The third kappa shape index (κ3) is 3.19. The first-order valence-corrected chi connectivity index (χ1v) is 10.5. The summed E-state index contributed by atoms with van der Waals surface area (Å²) < 4.78 is 0. The van der Waals surface area contributed by atoms with Crippen molar-refractivity contribution in [3.05, 3.63) is 64.5 Å². The average molecular weight is 432 g/mol. The molecule has 31 heavy (non-hydrogen) atoms. The number of fused-ring (bicyclic) bond motifs is 2. The number of carbonyl (C=O) groups excluding carboxylic acids is 4. The van der Waals surface area contributed by atoms with Gasteiger partial charge in [-0.15, -0.1) is 11.3 Å². The molecule has 0 spiro atoms. The lowest BCUT2D eigenvalue weighted by Gasteiger charge is -2.12. The lowest BCUT2D eigenvalue weighted by molar-refractivity contribution is -0.117. The molecule has 2 N–H and O–H groups in total. The van der Waals surface area contributed by atoms with Crippen molar-refractivity contribution in [2.24, 2.45) is 0 Å². The van der Waals surface area contributed by atoms with Crippen LogP contribution in [0.3, 0.4) is 0 Å². The summed E-state index contributed by atoms with van der Waals surface area (Å²) in [7, 11) is 0. The molecule has 1 atom stereocenters. The quantitative estimate of drug-likeness (QED) is 0.616. The summed E-state index contributed by atoms with van der Waals surface area (Å²) >= 11 is 1.24. The van der Waals surface area contributed by atoms with Gasteiger partial charge in [-0.25, -0.2) is 4.98 Å². The highest BCUT2D eigenvalue weighted by atomic mass is 32.1. The van der Waals surface area contributed by atoms with E-state index < -0.39 is 17.7 Å². The highest BCUT2D eigenvalue weighted by Gasteiger charge is 2.36. The molecule has 3 aromatic rings. The maximum atomic E-state index is 12.5. The van der Waals surface area contributed by atoms with Gasteiger partial charge >= 0.3 is 0 Å². The van der Waals surface area contributed by atoms with Gasteiger partial charge in [0.1, 0.15) is 6.54 Å². The largest absolute Gasteiger partial charge is 0.325 e. The molecule has 0 saturated heterocycles. The summed E-state index contributed by atoms with van der Waals surface area (Å²) in [5, 5.41) is 7.64. The minimum absolute atomic E-state index is 0.0356. The van der Waals surface area contributed by atoms with E-state index in [0.29, 0.717) is 22.0 Å². The Morgan fingerprint density at radius 2 is 1.84 bits per heavy atom. The predicted octanol–water partition coefficient (Wildman–Crippen LogP) is 3.10. The van der Waals surface area contributed by atoms with Crippen LogP contribution in [0.15, 0.2) is 47.8 Å². The van der Waals surface area contributed by atoms with Crippen molar-refractivity contribution >= 4 is 45.8 Å². The van der Waals surface area contributed by atoms with E-state index in [-0.39, 0.29) is 18.4 Å². The Bertz CT molecular complexity index is 1250. The molecule has 5 rings (SSSR count). The number of nitrogens with zero attached hydrogens (tertiary/aromatic N) is 2. The molecular formula is C22H16N4O4S. The number of nitrogens with one attached hydrogen (secondary N) is 2. The molecule has 0 saturated carbocycles. The molecule has 154 valence electrons. The number of rotatable bonds is 4. The van der Waals surface area contributed by atoms with E-state index in [1.807, 2.05) is 25.1 Å². The molecule has 1 aromatic heterocycles. The fourth-order valence-electron chi connectivity index (χ4n) is 3.73. The Morgan fingerprint density at radius 3 is 2.55 bits per heavy atom. The van der Waals surface area contributed by atoms with Crippen LogP contribution in [-0.4, -0.2) is 40.1 Å². The van der Waals surface area contributed by atoms with Gasteiger partial charge in [-0.1, -0.05) is 18.2 Å². The third-order valence-corrected chi connectivity index (χ3v) is 6.15. The average Bonchev–Trinajstić information content (AvgIpc) is 3.41. The van der Waals surface area contributed by atoms with Gasteiger partial charge in [0.2, 0.25) is 11.8 Å². The van der Waals surface area contributed by atoms with Crippen molar-refractivity contribution in [2.45, 2.75) is 12.8 Å². The highest BCUT2D eigenvalue weighted by molar-refractivity contribution is 7.14. The smallest absolute Gasteiger partial charge is 0.262 e. The molecule has 0 radical (unpaired) electrons. The van der Waals surface area contributed by atoms with Crippen LogP contribution in [0.4, 0.5) is 10.8 Å². The zero-order valence-electron chi connectivity index (χ0n) is 16.3. The number of hydrogen-bond acceptors (Lipinski definition) is 6. The van der Waals surface area contributed by atoms with Crippen LogP contribution in [0, 0.1) is 0 Å². The number of imide groups is 1. The molecule has 8 nitrogen and oxygen atoms in total. The first-order chi connectivity index (χ1) is 14.9. The predicted molar refractivity (Wildman–Crippen MR) is 115 cm³/mol. The molecule has 1 unspecified atom stereocenters. The minimum Gasteiger partial charge on any atom is -0.325 e. The Balaban J connectivity index is 1.29. The van der Waals surface area contributed by atoms with E-state index in [0.717, 1.165) is 21.7 Å². The zero-order valence-corrected chi connectivity index (χ0v) is 17.2. The Morgan fingerprint density at radius 1 is 1.13 bits per heavy atom. The van der Waals surface area contributed by atoms with Gasteiger partial charge in [0.15, 0.2) is 5.13 Å². The molecule has 0 aliphatic carbocycles. The third-order valence-electron chi connectivity index (χ3n) is 5.40. The number of hydrogen-bond donors (Lipinski definition) is 2. The molecular weight excluding hydrogens is 416 g/mol.